The first-order chi connectivity index (χ1) is 14.7. The third-order valence-corrected chi connectivity index (χ3v) is 5.73. The van der Waals surface area contributed by atoms with E-state index in [0.717, 1.165) is 37.2 Å². The first-order valence-corrected chi connectivity index (χ1v) is 11.2. The van der Waals surface area contributed by atoms with Crippen LogP contribution in [0.15, 0.2) is 84.9 Å². The Bertz CT molecular complexity index is 843. The van der Waals surface area contributed by atoms with Gasteiger partial charge in [0, 0.05) is 0 Å². The minimum absolute atomic E-state index is 0.153. The van der Waals surface area contributed by atoms with Crippen molar-refractivity contribution in [3.8, 4) is 11.5 Å². The predicted molar refractivity (Wildman–Crippen MR) is 125 cm³/mol. The number of hydrogen-bond donors (Lipinski definition) is 0. The van der Waals surface area contributed by atoms with Crippen LogP contribution in [0.1, 0.15) is 69.4 Å². The summed E-state index contributed by atoms with van der Waals surface area (Å²) in [4.78, 5) is 0. The highest BCUT2D eigenvalue weighted by atomic mass is 16.7. The molecular formula is C28H34O2. The third-order valence-electron chi connectivity index (χ3n) is 5.73. The van der Waals surface area contributed by atoms with E-state index in [1.165, 1.54) is 11.1 Å². The predicted octanol–water partition coefficient (Wildman–Crippen LogP) is 7.96. The minimum Gasteiger partial charge on any atom is -0.454 e. The summed E-state index contributed by atoms with van der Waals surface area (Å²) in [7, 11) is 0. The molecule has 0 fully saturated rings. The van der Waals surface area contributed by atoms with Gasteiger partial charge in [-0.05, 0) is 54.2 Å². The highest BCUT2D eigenvalue weighted by Gasteiger charge is 2.27. The fourth-order valence-electron chi connectivity index (χ4n) is 3.65. The first-order valence-electron chi connectivity index (χ1n) is 11.2. The van der Waals surface area contributed by atoms with E-state index < -0.39 is 6.29 Å². The van der Waals surface area contributed by atoms with Crippen LogP contribution in [0.2, 0.25) is 0 Å². The zero-order valence-electron chi connectivity index (χ0n) is 18.5. The van der Waals surface area contributed by atoms with Crippen LogP contribution < -0.4 is 9.47 Å². The lowest BCUT2D eigenvalue weighted by molar-refractivity contribution is -0.0190. The van der Waals surface area contributed by atoms with Crippen LogP contribution in [0.3, 0.4) is 0 Å². The molecule has 0 spiro atoms. The van der Waals surface area contributed by atoms with Crippen LogP contribution in [0, 0.1) is 0 Å². The van der Waals surface area contributed by atoms with E-state index >= 15 is 0 Å². The van der Waals surface area contributed by atoms with Gasteiger partial charge in [0.15, 0.2) is 0 Å². The summed E-state index contributed by atoms with van der Waals surface area (Å²) >= 11 is 0. The molecule has 3 atom stereocenters. The van der Waals surface area contributed by atoms with E-state index in [4.69, 9.17) is 9.47 Å². The van der Waals surface area contributed by atoms with Crippen LogP contribution >= 0.6 is 0 Å². The van der Waals surface area contributed by atoms with Gasteiger partial charge in [-0.3, -0.25) is 0 Å². The molecule has 3 unspecified atom stereocenters. The maximum Gasteiger partial charge on any atom is 0.247 e. The summed E-state index contributed by atoms with van der Waals surface area (Å²) in [5.41, 5.74) is 2.60. The minimum atomic E-state index is -0.393. The second kappa shape index (κ2) is 11.4. The van der Waals surface area contributed by atoms with Gasteiger partial charge < -0.3 is 9.47 Å². The summed E-state index contributed by atoms with van der Waals surface area (Å²) < 4.78 is 12.9. The van der Waals surface area contributed by atoms with Crippen LogP contribution in [-0.2, 0) is 0 Å². The van der Waals surface area contributed by atoms with Crippen molar-refractivity contribution >= 4 is 0 Å². The summed E-state index contributed by atoms with van der Waals surface area (Å²) in [6, 6.07) is 29.1. The molecule has 0 heterocycles. The third kappa shape index (κ3) is 6.13. The van der Waals surface area contributed by atoms with E-state index in [0.29, 0.717) is 5.92 Å². The van der Waals surface area contributed by atoms with Gasteiger partial charge in [0.25, 0.3) is 0 Å². The monoisotopic (exact) mass is 402 g/mol. The van der Waals surface area contributed by atoms with Gasteiger partial charge in [-0.15, -0.1) is 0 Å². The SMILES string of the molecule is CCCCC(c1ccccc1)C(Oc1ccccc1)Oc1ccc(C(C)CC)cc1. The second-order valence-electron chi connectivity index (χ2n) is 7.95. The molecule has 0 saturated heterocycles. The Morgan fingerprint density at radius 2 is 1.23 bits per heavy atom. The average Bonchev–Trinajstić information content (AvgIpc) is 2.80. The lowest BCUT2D eigenvalue weighted by Gasteiger charge is -2.29. The molecular weight excluding hydrogens is 368 g/mol. The van der Waals surface area contributed by atoms with Gasteiger partial charge in [-0.2, -0.15) is 0 Å². The summed E-state index contributed by atoms with van der Waals surface area (Å²) in [5.74, 6) is 2.38. The van der Waals surface area contributed by atoms with Crippen molar-refractivity contribution in [2.24, 2.45) is 0 Å². The van der Waals surface area contributed by atoms with Gasteiger partial charge >= 0.3 is 0 Å². The van der Waals surface area contributed by atoms with E-state index in [9.17, 15) is 0 Å². The van der Waals surface area contributed by atoms with Crippen LogP contribution in [0.5, 0.6) is 11.5 Å². The molecule has 0 bridgehead atoms. The number of hydrogen-bond acceptors (Lipinski definition) is 2. The number of rotatable bonds is 11. The lowest BCUT2D eigenvalue weighted by atomic mass is 9.92. The fourth-order valence-corrected chi connectivity index (χ4v) is 3.65. The second-order valence-corrected chi connectivity index (χ2v) is 7.95. The number of para-hydroxylation sites is 1. The standard InChI is InChI=1S/C28H34O2/c1-4-6-17-27(24-13-9-7-10-14-24)28(29-25-15-11-8-12-16-25)30-26-20-18-23(19-21-26)22(3)5-2/h7-16,18-22,27-28H,4-6,17H2,1-3H3. The molecule has 30 heavy (non-hydrogen) atoms. The molecule has 0 aromatic heterocycles. The first kappa shape index (κ1) is 22.0. The smallest absolute Gasteiger partial charge is 0.247 e. The molecule has 158 valence electrons. The summed E-state index contributed by atoms with van der Waals surface area (Å²) in [5, 5.41) is 0. The van der Waals surface area contributed by atoms with Gasteiger partial charge in [-0.25, -0.2) is 0 Å². The Balaban J connectivity index is 1.88. The topological polar surface area (TPSA) is 18.5 Å². The molecule has 0 saturated carbocycles. The van der Waals surface area contributed by atoms with Crippen molar-refractivity contribution in [1.82, 2.24) is 0 Å². The molecule has 3 aromatic rings. The molecule has 0 aliphatic rings. The molecule has 0 N–H and O–H groups in total. The van der Waals surface area contributed by atoms with E-state index in [-0.39, 0.29) is 5.92 Å². The molecule has 0 amide bonds. The molecule has 0 aliphatic carbocycles. The fraction of sp³-hybridized carbons (Fsp3) is 0.357. The van der Waals surface area contributed by atoms with Gasteiger partial charge in [0.05, 0.1) is 5.92 Å². The van der Waals surface area contributed by atoms with Crippen molar-refractivity contribution in [3.05, 3.63) is 96.1 Å². The van der Waals surface area contributed by atoms with Crippen molar-refractivity contribution in [1.29, 1.82) is 0 Å². The average molecular weight is 403 g/mol. The zero-order valence-corrected chi connectivity index (χ0v) is 18.5. The Hall–Kier alpha value is -2.74. The maximum atomic E-state index is 6.48. The molecule has 3 rings (SSSR count). The van der Waals surface area contributed by atoms with E-state index in [1.807, 2.05) is 30.3 Å². The van der Waals surface area contributed by atoms with Gasteiger partial charge in [0.2, 0.25) is 6.29 Å². The Labute approximate surface area is 181 Å². The Kier molecular flexibility index (Phi) is 8.38. The molecule has 0 aliphatic heterocycles. The van der Waals surface area contributed by atoms with Crippen molar-refractivity contribution in [2.45, 2.75) is 64.6 Å². The van der Waals surface area contributed by atoms with E-state index in [2.05, 4.69) is 75.4 Å². The molecule has 0 radical (unpaired) electrons. The van der Waals surface area contributed by atoms with Crippen molar-refractivity contribution < 1.29 is 9.47 Å². The number of ether oxygens (including phenoxy) is 2. The van der Waals surface area contributed by atoms with Crippen LogP contribution in [0.4, 0.5) is 0 Å². The highest BCUT2D eigenvalue weighted by molar-refractivity contribution is 5.30. The van der Waals surface area contributed by atoms with Crippen molar-refractivity contribution in [2.75, 3.05) is 0 Å². The van der Waals surface area contributed by atoms with Crippen molar-refractivity contribution in [3.63, 3.8) is 0 Å². The van der Waals surface area contributed by atoms with Gasteiger partial charge in [0.1, 0.15) is 11.5 Å². The highest BCUT2D eigenvalue weighted by Crippen LogP contribution is 2.31. The lowest BCUT2D eigenvalue weighted by Crippen LogP contribution is -2.31. The molecule has 3 aromatic carbocycles. The number of unbranched alkanes of at least 4 members (excludes halogenated alkanes) is 1. The zero-order chi connectivity index (χ0) is 21.2. The normalized spacial score (nSPS) is 14.0. The van der Waals surface area contributed by atoms with E-state index in [1.54, 1.807) is 0 Å². The van der Waals surface area contributed by atoms with Gasteiger partial charge in [-0.1, -0.05) is 94.3 Å². The molecule has 2 heteroatoms. The Morgan fingerprint density at radius 3 is 1.80 bits per heavy atom. The number of benzene rings is 3. The maximum absolute atomic E-state index is 6.48. The Morgan fingerprint density at radius 1 is 0.667 bits per heavy atom. The largest absolute Gasteiger partial charge is 0.454 e. The van der Waals surface area contributed by atoms with Crippen LogP contribution in [0.25, 0.3) is 0 Å². The quantitative estimate of drug-likeness (QED) is 0.303. The summed E-state index contributed by atoms with van der Waals surface area (Å²) in [6.07, 6.45) is 4.03. The summed E-state index contributed by atoms with van der Waals surface area (Å²) in [6.45, 7) is 6.70. The molecule has 2 nitrogen and oxygen atoms in total. The van der Waals surface area contributed by atoms with Crippen LogP contribution in [-0.4, -0.2) is 6.29 Å².